The highest BCUT2D eigenvalue weighted by Crippen LogP contribution is 2.10. The highest BCUT2D eigenvalue weighted by atomic mass is 35.5. The highest BCUT2D eigenvalue weighted by molar-refractivity contribution is 6.30. The van der Waals surface area contributed by atoms with Gasteiger partial charge in [-0.2, -0.15) is 0 Å². The molecule has 0 atom stereocenters. The predicted octanol–water partition coefficient (Wildman–Crippen LogP) is 3.39. The summed E-state index contributed by atoms with van der Waals surface area (Å²) in [6, 6.07) is 7.76. The molecule has 0 amide bonds. The zero-order chi connectivity index (χ0) is 9.52. The van der Waals surface area contributed by atoms with Crippen LogP contribution in [0.3, 0.4) is 0 Å². The number of benzene rings is 1. The normalized spacial score (nSPS) is 10.9. The fourth-order valence-electron chi connectivity index (χ4n) is 0.979. The van der Waals surface area contributed by atoms with Crippen molar-refractivity contribution in [2.75, 3.05) is 13.7 Å². The number of halogens is 1. The van der Waals surface area contributed by atoms with E-state index in [0.29, 0.717) is 0 Å². The molecule has 0 radical (unpaired) electrons. The van der Waals surface area contributed by atoms with Crippen LogP contribution in [0.4, 0.5) is 0 Å². The summed E-state index contributed by atoms with van der Waals surface area (Å²) in [5, 5.41) is 0.772. The minimum atomic E-state index is 0.768. The molecule has 0 bridgehead atoms. The second kappa shape index (κ2) is 5.79. The van der Waals surface area contributed by atoms with Gasteiger partial charge in [0.25, 0.3) is 0 Å². The van der Waals surface area contributed by atoms with E-state index in [9.17, 15) is 0 Å². The van der Waals surface area contributed by atoms with Crippen LogP contribution in [-0.2, 0) is 4.74 Å². The van der Waals surface area contributed by atoms with Gasteiger partial charge in [0.15, 0.2) is 0 Å². The van der Waals surface area contributed by atoms with Crippen molar-refractivity contribution in [3.8, 4) is 0 Å². The average molecular weight is 197 g/mol. The molecule has 1 nitrogen and oxygen atoms in total. The molecule has 0 saturated carbocycles. The molecule has 1 aromatic carbocycles. The van der Waals surface area contributed by atoms with E-state index in [0.717, 1.165) is 18.1 Å². The van der Waals surface area contributed by atoms with Crippen molar-refractivity contribution < 1.29 is 4.74 Å². The van der Waals surface area contributed by atoms with Gasteiger partial charge >= 0.3 is 0 Å². The lowest BCUT2D eigenvalue weighted by Crippen LogP contribution is -1.83. The van der Waals surface area contributed by atoms with Crippen molar-refractivity contribution in [2.24, 2.45) is 0 Å². The first-order valence-electron chi connectivity index (χ1n) is 4.24. The Balaban J connectivity index is 2.44. The Morgan fingerprint density at radius 1 is 1.31 bits per heavy atom. The number of methoxy groups -OCH3 is 1. The second-order valence-electron chi connectivity index (χ2n) is 2.74. The third-order valence-electron chi connectivity index (χ3n) is 1.67. The molecule has 70 valence electrons. The van der Waals surface area contributed by atoms with Gasteiger partial charge in [-0.3, -0.25) is 0 Å². The fourth-order valence-corrected chi connectivity index (χ4v) is 1.11. The van der Waals surface area contributed by atoms with Crippen LogP contribution in [0.5, 0.6) is 0 Å². The maximum absolute atomic E-state index is 5.75. The molecule has 2 heteroatoms. The topological polar surface area (TPSA) is 9.23 Å². The number of hydrogen-bond acceptors (Lipinski definition) is 1. The van der Waals surface area contributed by atoms with Crippen LogP contribution >= 0.6 is 11.6 Å². The molecule has 0 heterocycles. The van der Waals surface area contributed by atoms with Gasteiger partial charge in [0.05, 0.1) is 0 Å². The monoisotopic (exact) mass is 196 g/mol. The van der Waals surface area contributed by atoms with Crippen LogP contribution in [-0.4, -0.2) is 13.7 Å². The van der Waals surface area contributed by atoms with Crippen molar-refractivity contribution in [2.45, 2.75) is 6.42 Å². The predicted molar refractivity (Wildman–Crippen MR) is 57.0 cm³/mol. The molecule has 0 unspecified atom stereocenters. The van der Waals surface area contributed by atoms with Gasteiger partial charge in [-0.15, -0.1) is 0 Å². The van der Waals surface area contributed by atoms with Gasteiger partial charge in [0, 0.05) is 18.7 Å². The van der Waals surface area contributed by atoms with E-state index in [2.05, 4.69) is 12.2 Å². The van der Waals surface area contributed by atoms with Crippen LogP contribution in [0.2, 0.25) is 5.02 Å². The Hall–Kier alpha value is -0.790. The molecule has 1 rings (SSSR count). The van der Waals surface area contributed by atoms with E-state index in [1.807, 2.05) is 24.3 Å². The Bertz CT molecular complexity index is 264. The highest BCUT2D eigenvalue weighted by Gasteiger charge is 1.86. The van der Waals surface area contributed by atoms with E-state index < -0.39 is 0 Å². The van der Waals surface area contributed by atoms with Crippen LogP contribution in [0.15, 0.2) is 30.3 Å². The third-order valence-corrected chi connectivity index (χ3v) is 1.92. The van der Waals surface area contributed by atoms with Gasteiger partial charge in [0.1, 0.15) is 0 Å². The standard InChI is InChI=1S/C11H13ClO/c1-13-9-3-2-4-10-5-7-11(12)8-6-10/h2,4-8H,3,9H2,1H3/b4-2+. The van der Waals surface area contributed by atoms with E-state index in [1.165, 1.54) is 5.56 Å². The van der Waals surface area contributed by atoms with Crippen molar-refractivity contribution in [1.29, 1.82) is 0 Å². The number of rotatable bonds is 4. The molecule has 0 spiro atoms. The summed E-state index contributed by atoms with van der Waals surface area (Å²) in [7, 11) is 1.70. The maximum Gasteiger partial charge on any atom is 0.0496 e. The lowest BCUT2D eigenvalue weighted by Gasteiger charge is -1.94. The largest absolute Gasteiger partial charge is 0.384 e. The molecule has 0 aliphatic rings. The smallest absolute Gasteiger partial charge is 0.0496 e. The summed E-state index contributed by atoms with van der Waals surface area (Å²) < 4.78 is 4.93. The lowest BCUT2D eigenvalue weighted by atomic mass is 10.2. The van der Waals surface area contributed by atoms with Gasteiger partial charge in [-0.05, 0) is 24.1 Å². The molecule has 0 fully saturated rings. The van der Waals surface area contributed by atoms with E-state index in [4.69, 9.17) is 16.3 Å². The SMILES string of the molecule is COCC/C=C/c1ccc(Cl)cc1. The first-order chi connectivity index (χ1) is 6.33. The van der Waals surface area contributed by atoms with Crippen LogP contribution in [0.1, 0.15) is 12.0 Å². The Labute approximate surface area is 84.0 Å². The van der Waals surface area contributed by atoms with E-state index >= 15 is 0 Å². The molecule has 0 aromatic heterocycles. The van der Waals surface area contributed by atoms with Crippen molar-refractivity contribution >= 4 is 17.7 Å². The Kier molecular flexibility index (Phi) is 4.58. The minimum Gasteiger partial charge on any atom is -0.384 e. The minimum absolute atomic E-state index is 0.768. The quantitative estimate of drug-likeness (QED) is 0.671. The summed E-state index contributed by atoms with van der Waals surface area (Å²) in [4.78, 5) is 0. The van der Waals surface area contributed by atoms with Crippen molar-refractivity contribution in [1.82, 2.24) is 0 Å². The molecule has 1 aromatic rings. The fraction of sp³-hybridized carbons (Fsp3) is 0.273. The van der Waals surface area contributed by atoms with Crippen molar-refractivity contribution in [3.63, 3.8) is 0 Å². The Morgan fingerprint density at radius 2 is 2.00 bits per heavy atom. The van der Waals surface area contributed by atoms with Gasteiger partial charge in [-0.1, -0.05) is 35.9 Å². The molecule has 0 saturated heterocycles. The van der Waals surface area contributed by atoms with Gasteiger partial charge in [-0.25, -0.2) is 0 Å². The molecule has 0 aliphatic carbocycles. The first kappa shape index (κ1) is 10.3. The molecular weight excluding hydrogens is 184 g/mol. The molecule has 13 heavy (non-hydrogen) atoms. The molecular formula is C11H13ClO. The molecule has 0 aliphatic heterocycles. The number of hydrogen-bond donors (Lipinski definition) is 0. The molecule has 0 N–H and O–H groups in total. The van der Waals surface area contributed by atoms with Crippen LogP contribution in [0.25, 0.3) is 6.08 Å². The zero-order valence-corrected chi connectivity index (χ0v) is 8.42. The summed E-state index contributed by atoms with van der Waals surface area (Å²) in [5.74, 6) is 0. The average Bonchev–Trinajstić information content (AvgIpc) is 2.15. The van der Waals surface area contributed by atoms with Crippen molar-refractivity contribution in [3.05, 3.63) is 40.9 Å². The summed E-state index contributed by atoms with van der Waals surface area (Å²) in [5.41, 5.74) is 1.17. The van der Waals surface area contributed by atoms with Crippen LogP contribution in [0, 0.1) is 0 Å². The summed E-state index contributed by atoms with van der Waals surface area (Å²) in [6.45, 7) is 0.768. The van der Waals surface area contributed by atoms with Gasteiger partial charge < -0.3 is 4.74 Å². The second-order valence-corrected chi connectivity index (χ2v) is 3.17. The van der Waals surface area contributed by atoms with Gasteiger partial charge in [0.2, 0.25) is 0 Å². The summed E-state index contributed by atoms with van der Waals surface area (Å²) in [6.07, 6.45) is 5.10. The van der Waals surface area contributed by atoms with E-state index in [-0.39, 0.29) is 0 Å². The first-order valence-corrected chi connectivity index (χ1v) is 4.62. The summed E-state index contributed by atoms with van der Waals surface area (Å²) >= 11 is 5.75. The zero-order valence-electron chi connectivity index (χ0n) is 7.66. The maximum atomic E-state index is 5.75. The van der Waals surface area contributed by atoms with E-state index in [1.54, 1.807) is 7.11 Å². The van der Waals surface area contributed by atoms with Crippen LogP contribution < -0.4 is 0 Å². The number of ether oxygens (including phenoxy) is 1. The lowest BCUT2D eigenvalue weighted by molar-refractivity contribution is 0.204. The third kappa shape index (κ3) is 4.11. The Morgan fingerprint density at radius 3 is 2.62 bits per heavy atom.